The largest absolute Gasteiger partial charge is 0.330 e. The first-order chi connectivity index (χ1) is 7.13. The lowest BCUT2D eigenvalue weighted by molar-refractivity contribution is 0.857. The predicted octanol–water partition coefficient (Wildman–Crippen LogP) is 2.26. The maximum atomic E-state index is 8.68. The fourth-order valence-electron chi connectivity index (χ4n) is 1.73. The van der Waals surface area contributed by atoms with Gasteiger partial charge in [0.1, 0.15) is 5.82 Å². The molecule has 0 saturated carbocycles. The highest BCUT2D eigenvalue weighted by Gasteiger charge is 2.08. The molecule has 1 heterocycles. The van der Waals surface area contributed by atoms with E-state index in [1.54, 1.807) is 0 Å². The van der Waals surface area contributed by atoms with Gasteiger partial charge in [-0.15, -0.1) is 0 Å². The maximum Gasteiger partial charge on any atom is 0.123 e. The Morgan fingerprint density at radius 1 is 1.33 bits per heavy atom. The molecule has 0 bridgehead atoms. The van der Waals surface area contributed by atoms with Gasteiger partial charge in [-0.1, -0.05) is 0 Å². The van der Waals surface area contributed by atoms with Crippen LogP contribution in [0.15, 0.2) is 12.1 Å². The van der Waals surface area contributed by atoms with Crippen molar-refractivity contribution in [1.82, 2.24) is 9.55 Å². The van der Waals surface area contributed by atoms with Crippen LogP contribution in [0.5, 0.6) is 0 Å². The molecule has 0 unspecified atom stereocenters. The van der Waals surface area contributed by atoms with Crippen LogP contribution in [0.4, 0.5) is 0 Å². The van der Waals surface area contributed by atoms with E-state index >= 15 is 0 Å². The van der Waals surface area contributed by atoms with Gasteiger partial charge in [-0.3, -0.25) is 0 Å². The van der Waals surface area contributed by atoms with E-state index in [0.29, 0.717) is 6.42 Å². The van der Waals surface area contributed by atoms with E-state index in [4.69, 9.17) is 5.26 Å². The van der Waals surface area contributed by atoms with Crippen LogP contribution < -0.4 is 0 Å². The summed E-state index contributed by atoms with van der Waals surface area (Å²) in [5.41, 5.74) is 4.58. The zero-order valence-corrected chi connectivity index (χ0v) is 9.20. The first-order valence-electron chi connectivity index (χ1n) is 4.93. The van der Waals surface area contributed by atoms with Crippen LogP contribution in [0.2, 0.25) is 0 Å². The minimum atomic E-state index is 0.364. The quantitative estimate of drug-likeness (QED) is 0.706. The van der Waals surface area contributed by atoms with E-state index in [-0.39, 0.29) is 0 Å². The predicted molar refractivity (Wildman–Crippen MR) is 59.5 cm³/mol. The molecule has 0 fully saturated rings. The third-order valence-corrected chi connectivity index (χ3v) is 2.83. The molecule has 15 heavy (non-hydrogen) atoms. The van der Waals surface area contributed by atoms with E-state index in [1.165, 1.54) is 11.1 Å². The molecule has 0 atom stereocenters. The molecule has 0 aliphatic heterocycles. The minimum Gasteiger partial charge on any atom is -0.330 e. The summed E-state index contributed by atoms with van der Waals surface area (Å²) in [4.78, 5) is 4.44. The Morgan fingerprint density at radius 2 is 2.00 bits per heavy atom. The first kappa shape index (κ1) is 9.72. The van der Waals surface area contributed by atoms with Gasteiger partial charge in [-0.2, -0.15) is 5.26 Å². The molecule has 0 spiro atoms. The summed E-state index contributed by atoms with van der Waals surface area (Å²) in [7, 11) is 1.96. The van der Waals surface area contributed by atoms with Crippen LogP contribution in [-0.2, 0) is 13.5 Å². The van der Waals surface area contributed by atoms with E-state index in [1.807, 2.05) is 11.6 Å². The van der Waals surface area contributed by atoms with E-state index < -0.39 is 0 Å². The van der Waals surface area contributed by atoms with E-state index in [9.17, 15) is 0 Å². The fraction of sp³-hybridized carbons (Fsp3) is 0.333. The molecule has 0 radical (unpaired) electrons. The number of imidazole rings is 1. The van der Waals surface area contributed by atoms with E-state index in [0.717, 1.165) is 16.9 Å². The summed E-state index contributed by atoms with van der Waals surface area (Å²) >= 11 is 0. The van der Waals surface area contributed by atoms with Crippen LogP contribution in [0, 0.1) is 25.2 Å². The number of fused-ring (bicyclic) bond motifs is 1. The topological polar surface area (TPSA) is 41.6 Å². The van der Waals surface area contributed by atoms with Crippen molar-refractivity contribution in [2.45, 2.75) is 20.3 Å². The van der Waals surface area contributed by atoms with Gasteiger partial charge in [-0.25, -0.2) is 4.98 Å². The number of aryl methyl sites for hydroxylation is 3. The second-order valence-corrected chi connectivity index (χ2v) is 3.85. The molecule has 2 aromatic rings. The molecule has 0 aliphatic rings. The zero-order chi connectivity index (χ0) is 11.0. The Labute approximate surface area is 89.0 Å². The summed E-state index contributed by atoms with van der Waals surface area (Å²) in [6, 6.07) is 6.33. The third kappa shape index (κ3) is 1.48. The molecule has 76 valence electrons. The van der Waals surface area contributed by atoms with Crippen LogP contribution in [0.25, 0.3) is 11.0 Å². The zero-order valence-electron chi connectivity index (χ0n) is 9.20. The SMILES string of the molecule is Cc1cc2nc(CC#N)n(C)c2cc1C. The molecule has 3 heteroatoms. The van der Waals surface area contributed by atoms with Crippen molar-refractivity contribution in [2.75, 3.05) is 0 Å². The summed E-state index contributed by atoms with van der Waals surface area (Å²) in [5.74, 6) is 0.831. The van der Waals surface area contributed by atoms with Crippen molar-refractivity contribution in [1.29, 1.82) is 5.26 Å². The molecule has 1 aromatic heterocycles. The summed E-state index contributed by atoms with van der Waals surface area (Å²) < 4.78 is 1.99. The monoisotopic (exact) mass is 199 g/mol. The fourth-order valence-corrected chi connectivity index (χ4v) is 1.73. The number of hydrogen-bond donors (Lipinski definition) is 0. The van der Waals surface area contributed by atoms with Gasteiger partial charge in [0.2, 0.25) is 0 Å². The molecule has 3 nitrogen and oxygen atoms in total. The molecule has 0 N–H and O–H groups in total. The van der Waals surface area contributed by atoms with Crippen molar-refractivity contribution in [2.24, 2.45) is 7.05 Å². The molecule has 0 saturated heterocycles. The van der Waals surface area contributed by atoms with Crippen LogP contribution in [0.1, 0.15) is 17.0 Å². The summed E-state index contributed by atoms with van der Waals surface area (Å²) in [6.45, 7) is 4.17. The van der Waals surface area contributed by atoms with Crippen molar-refractivity contribution >= 4 is 11.0 Å². The Kier molecular flexibility index (Phi) is 2.20. The molecule has 0 aliphatic carbocycles. The van der Waals surface area contributed by atoms with E-state index in [2.05, 4.69) is 37.0 Å². The average molecular weight is 199 g/mol. The number of benzene rings is 1. The van der Waals surface area contributed by atoms with Crippen molar-refractivity contribution in [3.8, 4) is 6.07 Å². The van der Waals surface area contributed by atoms with Gasteiger partial charge < -0.3 is 4.57 Å². The minimum absolute atomic E-state index is 0.364. The van der Waals surface area contributed by atoms with Crippen molar-refractivity contribution in [3.05, 3.63) is 29.1 Å². The number of nitriles is 1. The Morgan fingerprint density at radius 3 is 2.67 bits per heavy atom. The molecule has 0 amide bonds. The number of aromatic nitrogens is 2. The lowest BCUT2D eigenvalue weighted by atomic mass is 10.1. The summed E-state index contributed by atoms with van der Waals surface area (Å²) in [6.07, 6.45) is 0.364. The lowest BCUT2D eigenvalue weighted by Gasteiger charge is -2.01. The van der Waals surface area contributed by atoms with Gasteiger partial charge in [0.25, 0.3) is 0 Å². The Balaban J connectivity index is 2.72. The highest BCUT2D eigenvalue weighted by Crippen LogP contribution is 2.19. The highest BCUT2D eigenvalue weighted by atomic mass is 15.1. The third-order valence-electron chi connectivity index (χ3n) is 2.83. The smallest absolute Gasteiger partial charge is 0.123 e. The Bertz CT molecular complexity index is 558. The number of rotatable bonds is 1. The van der Waals surface area contributed by atoms with Gasteiger partial charge in [0, 0.05) is 7.05 Å². The maximum absolute atomic E-state index is 8.68. The molecule has 2 rings (SSSR count). The normalized spacial score (nSPS) is 10.5. The lowest BCUT2D eigenvalue weighted by Crippen LogP contribution is -1.96. The Hall–Kier alpha value is -1.82. The molecular formula is C12H13N3. The average Bonchev–Trinajstić information content (AvgIpc) is 2.47. The van der Waals surface area contributed by atoms with Crippen LogP contribution in [-0.4, -0.2) is 9.55 Å². The van der Waals surface area contributed by atoms with Crippen molar-refractivity contribution in [3.63, 3.8) is 0 Å². The summed E-state index contributed by atoms with van der Waals surface area (Å²) in [5, 5.41) is 8.68. The number of nitrogens with zero attached hydrogens (tertiary/aromatic N) is 3. The molecular weight excluding hydrogens is 186 g/mol. The standard InChI is InChI=1S/C12H13N3/c1-8-6-10-11(7-9(8)2)15(3)12(14-10)4-5-13/h6-7H,4H2,1-3H3. The van der Waals surface area contributed by atoms with Crippen molar-refractivity contribution < 1.29 is 0 Å². The highest BCUT2D eigenvalue weighted by molar-refractivity contribution is 5.78. The molecule has 1 aromatic carbocycles. The number of hydrogen-bond acceptors (Lipinski definition) is 2. The van der Waals surface area contributed by atoms with Crippen LogP contribution in [0.3, 0.4) is 0 Å². The van der Waals surface area contributed by atoms with Crippen LogP contribution >= 0.6 is 0 Å². The van der Waals surface area contributed by atoms with Gasteiger partial charge >= 0.3 is 0 Å². The van der Waals surface area contributed by atoms with Gasteiger partial charge in [0.05, 0.1) is 23.5 Å². The van der Waals surface area contributed by atoms with Gasteiger partial charge in [-0.05, 0) is 37.1 Å². The second-order valence-electron chi connectivity index (χ2n) is 3.85. The second kappa shape index (κ2) is 3.39. The first-order valence-corrected chi connectivity index (χ1v) is 4.93. The van der Waals surface area contributed by atoms with Gasteiger partial charge in [0.15, 0.2) is 0 Å².